The number of ether oxygens (including phenoxy) is 4. The number of halogens is 2. The van der Waals surface area contributed by atoms with Crippen LogP contribution in [-0.4, -0.2) is 181 Å². The van der Waals surface area contributed by atoms with E-state index in [9.17, 15) is 76.9 Å². The number of aromatic amines is 1. The predicted octanol–water partition coefficient (Wildman–Crippen LogP) is -1.99. The number of anilines is 3. The number of nitrogens with one attached hydrogen (secondary N) is 2. The molecule has 45 heteroatoms. The van der Waals surface area contributed by atoms with E-state index >= 15 is 0 Å². The highest BCUT2D eigenvalue weighted by atomic mass is 31.3. The van der Waals surface area contributed by atoms with Gasteiger partial charge in [-0.1, -0.05) is 6.07 Å². The lowest BCUT2D eigenvalue weighted by molar-refractivity contribution is -0.646. The van der Waals surface area contributed by atoms with Crippen molar-refractivity contribution in [1.29, 1.82) is 0 Å². The molecular weight excluding hydrogens is 1220 g/mol. The Labute approximate surface area is 465 Å². The number of nitrogens with two attached hydrogens (primary N) is 2. The second-order valence-corrected chi connectivity index (χ2v) is 24.5. The van der Waals surface area contributed by atoms with Gasteiger partial charge in [0.1, 0.15) is 61.3 Å². The summed E-state index contributed by atoms with van der Waals surface area (Å²) in [5, 5.41) is 56.6. The summed E-state index contributed by atoms with van der Waals surface area (Å²) in [4.78, 5) is 85.6. The van der Waals surface area contributed by atoms with Crippen LogP contribution in [-0.2, 0) is 77.5 Å². The summed E-state index contributed by atoms with van der Waals surface area (Å²) in [6.07, 6.45) is -16.4. The zero-order valence-electron chi connectivity index (χ0n) is 42.6. The van der Waals surface area contributed by atoms with E-state index in [0.29, 0.717) is 0 Å². The summed E-state index contributed by atoms with van der Waals surface area (Å²) in [5.74, 6) is -3.44. The molecule has 6 aromatic heterocycles. The topological polar surface area (TPSA) is 548 Å². The molecule has 8 unspecified atom stereocenters. The molecule has 10 rings (SSSR count). The highest BCUT2D eigenvalue weighted by Gasteiger charge is 2.54. The maximum absolute atomic E-state index is 14.0. The van der Waals surface area contributed by atoms with Gasteiger partial charge in [0.05, 0.1) is 39.5 Å². The maximum atomic E-state index is 14.0. The smallest absolute Gasteiger partial charge is 0.490 e. The van der Waals surface area contributed by atoms with Crippen LogP contribution in [0.4, 0.5) is 26.5 Å². The van der Waals surface area contributed by atoms with Gasteiger partial charge in [-0.25, -0.2) is 51.5 Å². The van der Waals surface area contributed by atoms with E-state index in [4.69, 9.17) is 48.5 Å². The van der Waals surface area contributed by atoms with Crippen LogP contribution in [0.25, 0.3) is 33.5 Å². The molecule has 456 valence electrons. The van der Waals surface area contributed by atoms with Crippen LogP contribution >= 0.6 is 31.3 Å². The van der Waals surface area contributed by atoms with Crippen LogP contribution < -0.4 is 26.9 Å². The number of aliphatic hydroxyl groups excluding tert-OH is 4. The number of nitrogen functional groups attached to an aromatic ring is 2. The average molecular weight is 1270 g/mol. The van der Waals surface area contributed by atoms with E-state index in [1.807, 2.05) is 0 Å². The molecule has 3 saturated heterocycles. The van der Waals surface area contributed by atoms with Crippen LogP contribution in [0.5, 0.6) is 5.88 Å². The minimum absolute atomic E-state index is 0.0175. The molecular formula is C39H48F2N15O24P4+. The van der Waals surface area contributed by atoms with E-state index in [2.05, 4.69) is 53.8 Å². The van der Waals surface area contributed by atoms with Gasteiger partial charge in [0, 0.05) is 13.7 Å². The number of phosphoric ester groups is 3. The van der Waals surface area contributed by atoms with Crippen molar-refractivity contribution in [2.75, 3.05) is 43.7 Å². The molecule has 7 aromatic rings. The number of aliphatic hydroxyl groups is 4. The number of imidazole rings is 3. The number of hydrogen-bond donors (Lipinski definition) is 13. The summed E-state index contributed by atoms with van der Waals surface area (Å²) in [6, 6.07) is 3.15. The molecule has 0 radical (unpaired) electrons. The van der Waals surface area contributed by atoms with E-state index < -0.39 is 148 Å². The Hall–Kier alpha value is -6.07. The highest BCUT2D eigenvalue weighted by Crippen LogP contribution is 2.68. The Morgan fingerprint density at radius 2 is 1.29 bits per heavy atom. The Morgan fingerprint density at radius 3 is 1.92 bits per heavy atom. The van der Waals surface area contributed by atoms with Gasteiger partial charge in [0.25, 0.3) is 22.6 Å². The SMILES string of the molecule is CO[C@H]1C(OP(=O)(O)OC[C@H]2O[C@@H](n3cnc4c(=O)[nH]c(N)nc43)[C@@H](O)C2O)[C@@H](COP(=O)(O)OP(=O)(O)OP(=O)(O)OC[C@H]2O[C@@H](n3c[n+](C)c4c(O)nc(N)nc43)C(O)C2O)O[C@H]1n1cnc2c(NCc3ccc(F)c(F)c3)ncnc21. The summed E-state index contributed by atoms with van der Waals surface area (Å²) >= 11 is 0. The summed E-state index contributed by atoms with van der Waals surface area (Å²) in [6.45, 7) is -3.62. The fourth-order valence-corrected chi connectivity index (χ4v) is 13.7. The van der Waals surface area contributed by atoms with Crippen molar-refractivity contribution in [3.63, 3.8) is 0 Å². The molecule has 9 heterocycles. The zero-order chi connectivity index (χ0) is 60.5. The average Bonchev–Trinajstić information content (AvgIpc) is 2.41. The Bertz CT molecular complexity index is 3900. The molecule has 0 bridgehead atoms. The lowest BCUT2D eigenvalue weighted by Crippen LogP contribution is -2.38. The van der Waals surface area contributed by atoms with E-state index in [0.717, 1.165) is 47.4 Å². The molecule has 3 fully saturated rings. The Kier molecular flexibility index (Phi) is 16.9. The van der Waals surface area contributed by atoms with E-state index in [-0.39, 0.29) is 63.3 Å². The monoisotopic (exact) mass is 1270 g/mol. The third-order valence-electron chi connectivity index (χ3n) is 12.9. The van der Waals surface area contributed by atoms with Crippen LogP contribution in [0.2, 0.25) is 0 Å². The molecule has 3 aliphatic heterocycles. The molecule has 16 atom stereocenters. The number of benzene rings is 1. The molecule has 15 N–H and O–H groups in total. The largest absolute Gasteiger partial charge is 0.490 e. The lowest BCUT2D eigenvalue weighted by atomic mass is 10.1. The minimum Gasteiger partial charge on any atom is -0.490 e. The van der Waals surface area contributed by atoms with Crippen LogP contribution in [0.1, 0.15) is 24.2 Å². The maximum Gasteiger partial charge on any atom is 0.490 e. The Morgan fingerprint density at radius 1 is 0.702 bits per heavy atom. The number of nitrogens with zero attached hydrogens (tertiary/aromatic N) is 11. The van der Waals surface area contributed by atoms with E-state index in [1.54, 1.807) is 0 Å². The fraction of sp³-hybridized carbons (Fsp3) is 0.462. The van der Waals surface area contributed by atoms with Gasteiger partial charge >= 0.3 is 31.3 Å². The molecule has 0 saturated carbocycles. The zero-order valence-corrected chi connectivity index (χ0v) is 46.1. The third-order valence-corrected chi connectivity index (χ3v) is 18.2. The number of rotatable bonds is 22. The second kappa shape index (κ2) is 23.3. The van der Waals surface area contributed by atoms with Crippen LogP contribution in [0, 0.1) is 11.6 Å². The van der Waals surface area contributed by atoms with E-state index in [1.165, 1.54) is 28.6 Å². The molecule has 0 amide bonds. The van der Waals surface area contributed by atoms with Gasteiger partial charge in [0.2, 0.25) is 24.5 Å². The number of methoxy groups -OCH3 is 1. The number of aromatic hydroxyl groups is 1. The molecule has 39 nitrogen and oxygen atoms in total. The van der Waals surface area contributed by atoms with Crippen LogP contribution in [0.3, 0.4) is 0 Å². The van der Waals surface area contributed by atoms with Gasteiger partial charge < -0.3 is 80.8 Å². The van der Waals surface area contributed by atoms with Crippen molar-refractivity contribution < 1.29 is 122 Å². The molecule has 84 heavy (non-hydrogen) atoms. The van der Waals surface area contributed by atoms with Crippen molar-refractivity contribution in [2.45, 2.75) is 80.2 Å². The van der Waals surface area contributed by atoms with Gasteiger partial charge in [-0.05, 0) is 17.7 Å². The number of fused-ring (bicyclic) bond motifs is 3. The summed E-state index contributed by atoms with van der Waals surface area (Å²) in [7, 11) is -21.2. The first kappa shape index (κ1) is 61.0. The van der Waals surface area contributed by atoms with Crippen LogP contribution in [0.15, 0.2) is 48.3 Å². The highest BCUT2D eigenvalue weighted by molar-refractivity contribution is 7.66. The van der Waals surface area contributed by atoms with Crippen molar-refractivity contribution in [3.8, 4) is 5.88 Å². The number of H-pyrrole nitrogens is 1. The number of aryl methyl sites for hydroxylation is 1. The first-order valence-corrected chi connectivity index (χ1v) is 29.9. The first-order valence-electron chi connectivity index (χ1n) is 23.9. The van der Waals surface area contributed by atoms with Gasteiger partial charge in [-0.15, -0.1) is 0 Å². The molecule has 0 spiro atoms. The lowest BCUT2D eigenvalue weighted by Gasteiger charge is -2.26. The number of phosphoric acid groups is 4. The van der Waals surface area contributed by atoms with Gasteiger partial charge in [0.15, 0.2) is 52.2 Å². The quantitative estimate of drug-likeness (QED) is 0.0258. The molecule has 1 aromatic carbocycles. The number of hydrogen-bond acceptors (Lipinski definition) is 30. The van der Waals surface area contributed by atoms with Crippen molar-refractivity contribution in [1.82, 2.24) is 53.6 Å². The Balaban J connectivity index is 0.833. The minimum atomic E-state index is -6.26. The molecule has 3 aliphatic rings. The summed E-state index contributed by atoms with van der Waals surface area (Å²) < 4.78 is 137. The van der Waals surface area contributed by atoms with Gasteiger partial charge in [-0.2, -0.15) is 28.1 Å². The second-order valence-electron chi connectivity index (χ2n) is 18.5. The van der Waals surface area contributed by atoms with Crippen molar-refractivity contribution in [3.05, 3.63) is 71.1 Å². The normalized spacial score (nSPS) is 28.4. The number of aromatic nitrogens is 12. The van der Waals surface area contributed by atoms with Gasteiger partial charge in [-0.3, -0.25) is 37.0 Å². The first-order chi connectivity index (χ1) is 39.5. The van der Waals surface area contributed by atoms with Crippen molar-refractivity contribution >= 4 is 82.5 Å². The predicted molar refractivity (Wildman–Crippen MR) is 267 cm³/mol. The van der Waals surface area contributed by atoms with Crippen molar-refractivity contribution in [2.24, 2.45) is 7.05 Å². The third kappa shape index (κ3) is 12.5. The summed E-state index contributed by atoms with van der Waals surface area (Å²) in [5.41, 5.74) is 10.4. The fourth-order valence-electron chi connectivity index (χ4n) is 9.21. The molecule has 0 aliphatic carbocycles. The standard InChI is InChI=1S/C39H47F2N15O24P4/c1-53-13-56(32-22(53)34(62)52-39(43)50-32)36-26(60)24(58)18(76-36)8-73-82(65,66)79-84(69,70)80-83(67,68)74-9-19-27(78-81(63,64)72-7-17-23(57)25(59)35(75-17)55-12-48-21-31(55)49-38(42)51-33(21)61)28(71-2)37(77-19)54-11-47-20-29(45-10-46-30(20)54)44-6-14-3-4-15(40)16(41)5-14/h3-5,10-13,17-19,23-28,35-37,57-60H,6-9H2,1-2H3,(H10-,42,43,44,45,46,49,50,51,52,61,62,63,64,65,66,67,68,69,70)/p+1/t17-,18-,19-,23?,24?,25+,26?,27?,28+,35-,36-,37-/m1/s1.